The molecule has 0 spiro atoms. The van der Waals surface area contributed by atoms with Crippen LogP contribution in [0.2, 0.25) is 0 Å². The van der Waals surface area contributed by atoms with E-state index < -0.39 is 12.1 Å². The molecule has 16 heavy (non-hydrogen) atoms. The summed E-state index contributed by atoms with van der Waals surface area (Å²) in [6.45, 7) is 2.47. The molecule has 0 heterocycles. The van der Waals surface area contributed by atoms with Crippen LogP contribution in [0.15, 0.2) is 30.3 Å². The maximum absolute atomic E-state index is 9.00. The summed E-state index contributed by atoms with van der Waals surface area (Å²) < 4.78 is 0. The first-order valence-electron chi connectivity index (χ1n) is 4.62. The number of carbonyl (C=O) groups is 1. The normalized spacial score (nSPS) is 10.0. The van der Waals surface area contributed by atoms with Crippen molar-refractivity contribution in [2.75, 3.05) is 6.61 Å². The zero-order valence-corrected chi connectivity index (χ0v) is 9.37. The number of hydrogen-bond acceptors (Lipinski definition) is 4. The number of carboxylic acids is 1. The Kier molecular flexibility index (Phi) is 12.1. The molecule has 5 heteroatoms. The average Bonchev–Trinajstić information content (AvgIpc) is 2.19. The van der Waals surface area contributed by atoms with Crippen LogP contribution in [0.1, 0.15) is 13.8 Å². The molecule has 1 atom stereocenters. The van der Waals surface area contributed by atoms with E-state index >= 15 is 0 Å². The van der Waals surface area contributed by atoms with Gasteiger partial charge in [-0.25, -0.2) is 0 Å². The summed E-state index contributed by atoms with van der Waals surface area (Å²) in [5.74, 6) is -0.512. The summed E-state index contributed by atoms with van der Waals surface area (Å²) in [6.07, 6.45) is -0.560. The maximum Gasteiger partial charge on any atom is 0.300 e. The van der Waals surface area contributed by atoms with E-state index in [1.54, 1.807) is 24.3 Å². The fourth-order valence-electron chi connectivity index (χ4n) is 0.428. The van der Waals surface area contributed by atoms with Gasteiger partial charge in [-0.15, -0.1) is 0 Å². The van der Waals surface area contributed by atoms with Gasteiger partial charge >= 0.3 is 0 Å². The number of phenolic OH excluding ortho intramolecular Hbond substituents is 1. The third-order valence-corrected chi connectivity index (χ3v) is 1.02. The van der Waals surface area contributed by atoms with Crippen LogP contribution in [-0.2, 0) is 4.79 Å². The van der Waals surface area contributed by atoms with E-state index in [-0.39, 0.29) is 6.61 Å². The first-order valence-corrected chi connectivity index (χ1v) is 4.62. The lowest BCUT2D eigenvalue weighted by Gasteiger charge is -1.90. The first kappa shape index (κ1) is 16.8. The lowest BCUT2D eigenvalue weighted by atomic mass is 10.3. The lowest BCUT2D eigenvalue weighted by Crippen LogP contribution is -2.03. The fraction of sp³-hybridized carbons (Fsp3) is 0.364. The SMILES string of the molecule is CC(=O)O.CC(O)CO.Oc1ccccc1. The Balaban J connectivity index is 0. The van der Waals surface area contributed by atoms with Gasteiger partial charge in [0.1, 0.15) is 5.75 Å². The number of aliphatic carboxylic acids is 1. The Bertz CT molecular complexity index is 254. The third-order valence-electron chi connectivity index (χ3n) is 1.02. The summed E-state index contributed by atoms with van der Waals surface area (Å²) in [5, 5.41) is 32.1. The predicted molar refractivity (Wildman–Crippen MR) is 60.2 cm³/mol. The first-order chi connectivity index (χ1) is 7.40. The van der Waals surface area contributed by atoms with Gasteiger partial charge in [0.05, 0.1) is 12.7 Å². The minimum atomic E-state index is -0.833. The minimum Gasteiger partial charge on any atom is -0.508 e. The molecule has 1 aromatic rings. The minimum absolute atomic E-state index is 0.139. The van der Waals surface area contributed by atoms with Crippen LogP contribution in [0, 0.1) is 0 Å². The summed E-state index contributed by atoms with van der Waals surface area (Å²) in [6, 6.07) is 8.71. The second kappa shape index (κ2) is 11.5. The van der Waals surface area contributed by atoms with Crippen molar-refractivity contribution < 1.29 is 25.2 Å². The number of phenols is 1. The molecular formula is C11H18O5. The smallest absolute Gasteiger partial charge is 0.300 e. The Morgan fingerprint density at radius 1 is 1.31 bits per heavy atom. The van der Waals surface area contributed by atoms with E-state index in [1.807, 2.05) is 6.07 Å². The molecule has 0 radical (unpaired) electrons. The van der Waals surface area contributed by atoms with Crippen LogP contribution in [0.5, 0.6) is 5.75 Å². The highest BCUT2D eigenvalue weighted by Crippen LogP contribution is 2.02. The van der Waals surface area contributed by atoms with Crippen molar-refractivity contribution in [3.05, 3.63) is 30.3 Å². The van der Waals surface area contributed by atoms with Crippen LogP contribution in [0.3, 0.4) is 0 Å². The van der Waals surface area contributed by atoms with Crippen LogP contribution >= 0.6 is 0 Å². The van der Waals surface area contributed by atoms with Crippen molar-refractivity contribution in [3.8, 4) is 5.75 Å². The summed E-state index contributed by atoms with van der Waals surface area (Å²) >= 11 is 0. The lowest BCUT2D eigenvalue weighted by molar-refractivity contribution is -0.134. The van der Waals surface area contributed by atoms with E-state index in [0.29, 0.717) is 5.75 Å². The van der Waals surface area contributed by atoms with Gasteiger partial charge in [0.2, 0.25) is 0 Å². The average molecular weight is 230 g/mol. The van der Waals surface area contributed by atoms with Gasteiger partial charge in [0, 0.05) is 6.92 Å². The molecule has 0 aromatic heterocycles. The highest BCUT2D eigenvalue weighted by molar-refractivity contribution is 5.62. The van der Waals surface area contributed by atoms with Gasteiger partial charge in [-0.3, -0.25) is 4.79 Å². The Morgan fingerprint density at radius 2 is 1.62 bits per heavy atom. The molecule has 0 aliphatic carbocycles. The molecule has 0 fully saturated rings. The van der Waals surface area contributed by atoms with Crippen LogP contribution in [0.25, 0.3) is 0 Å². The Morgan fingerprint density at radius 3 is 1.75 bits per heavy atom. The summed E-state index contributed by atoms with van der Waals surface area (Å²) in [5.41, 5.74) is 0. The molecule has 92 valence electrons. The van der Waals surface area contributed by atoms with Crippen LogP contribution in [0.4, 0.5) is 0 Å². The predicted octanol–water partition coefficient (Wildman–Crippen LogP) is 0.843. The van der Waals surface area contributed by atoms with Gasteiger partial charge in [0.25, 0.3) is 5.97 Å². The molecule has 0 amide bonds. The van der Waals surface area contributed by atoms with E-state index in [9.17, 15) is 0 Å². The van der Waals surface area contributed by atoms with E-state index in [2.05, 4.69) is 0 Å². The maximum atomic E-state index is 9.00. The van der Waals surface area contributed by atoms with Crippen molar-refractivity contribution >= 4 is 5.97 Å². The molecule has 0 aliphatic rings. The van der Waals surface area contributed by atoms with Gasteiger partial charge < -0.3 is 20.4 Å². The molecule has 0 bridgehead atoms. The van der Waals surface area contributed by atoms with E-state index in [0.717, 1.165) is 6.92 Å². The Labute approximate surface area is 94.6 Å². The largest absolute Gasteiger partial charge is 0.508 e. The van der Waals surface area contributed by atoms with Gasteiger partial charge in [-0.05, 0) is 19.1 Å². The van der Waals surface area contributed by atoms with Crippen molar-refractivity contribution in [1.29, 1.82) is 0 Å². The number of aromatic hydroxyl groups is 1. The van der Waals surface area contributed by atoms with Gasteiger partial charge in [-0.2, -0.15) is 0 Å². The number of para-hydroxylation sites is 1. The van der Waals surface area contributed by atoms with Crippen LogP contribution < -0.4 is 0 Å². The molecular weight excluding hydrogens is 212 g/mol. The second-order valence-electron chi connectivity index (χ2n) is 2.89. The summed E-state index contributed by atoms with van der Waals surface area (Å²) in [7, 11) is 0. The number of carboxylic acid groups (broad SMARTS) is 1. The van der Waals surface area contributed by atoms with Crippen LogP contribution in [-0.4, -0.2) is 39.1 Å². The van der Waals surface area contributed by atoms with Crippen molar-refractivity contribution in [2.24, 2.45) is 0 Å². The van der Waals surface area contributed by atoms with Crippen molar-refractivity contribution in [1.82, 2.24) is 0 Å². The Hall–Kier alpha value is -1.59. The zero-order valence-electron chi connectivity index (χ0n) is 9.37. The molecule has 5 nitrogen and oxygen atoms in total. The molecule has 1 rings (SSSR count). The molecule has 0 saturated carbocycles. The highest BCUT2D eigenvalue weighted by atomic mass is 16.4. The van der Waals surface area contributed by atoms with Crippen molar-refractivity contribution in [2.45, 2.75) is 20.0 Å². The number of benzene rings is 1. The molecule has 0 saturated heterocycles. The monoisotopic (exact) mass is 230 g/mol. The molecule has 4 N–H and O–H groups in total. The number of rotatable bonds is 1. The highest BCUT2D eigenvalue weighted by Gasteiger charge is 1.83. The van der Waals surface area contributed by atoms with E-state index in [4.69, 9.17) is 25.2 Å². The number of hydrogen-bond donors (Lipinski definition) is 4. The third kappa shape index (κ3) is 22.8. The molecule has 0 aliphatic heterocycles. The van der Waals surface area contributed by atoms with Gasteiger partial charge in [-0.1, -0.05) is 18.2 Å². The second-order valence-corrected chi connectivity index (χ2v) is 2.89. The topological polar surface area (TPSA) is 98.0 Å². The number of aliphatic hydroxyl groups is 2. The van der Waals surface area contributed by atoms with Crippen molar-refractivity contribution in [3.63, 3.8) is 0 Å². The fourth-order valence-corrected chi connectivity index (χ4v) is 0.428. The zero-order chi connectivity index (χ0) is 13.0. The number of aliphatic hydroxyl groups excluding tert-OH is 2. The van der Waals surface area contributed by atoms with Gasteiger partial charge in [0.15, 0.2) is 0 Å². The summed E-state index contributed by atoms with van der Waals surface area (Å²) in [4.78, 5) is 9.00. The standard InChI is InChI=1S/C6H6O.C3H8O2.C2H4O2/c7-6-4-2-1-3-5-6;1-3(5)2-4;1-2(3)4/h1-5,7H;3-5H,2H2,1H3;1H3,(H,3,4). The quantitative estimate of drug-likeness (QED) is 0.573. The van der Waals surface area contributed by atoms with E-state index in [1.165, 1.54) is 6.92 Å². The molecule has 1 unspecified atom stereocenters. The molecule has 1 aromatic carbocycles.